The monoisotopic (exact) mass is 739 g/mol. The predicted octanol–water partition coefficient (Wildman–Crippen LogP) is 16.0. The van der Waals surface area contributed by atoms with Gasteiger partial charge in [-0.2, -0.15) is 0 Å². The molecule has 2 heteroatoms. The summed E-state index contributed by atoms with van der Waals surface area (Å²) in [6, 6.07) is 80.6. The summed E-state index contributed by atoms with van der Waals surface area (Å²) in [5, 5.41) is 6.99. The first-order valence-electron chi connectivity index (χ1n) is 19.8. The van der Waals surface area contributed by atoms with Crippen LogP contribution in [-0.2, 0) is 0 Å². The van der Waals surface area contributed by atoms with Crippen molar-refractivity contribution in [2.75, 3.05) is 4.90 Å². The lowest BCUT2D eigenvalue weighted by Gasteiger charge is -2.28. The molecule has 1 aromatic heterocycles. The minimum absolute atomic E-state index is 0.893. The Bertz CT molecular complexity index is 3250. The van der Waals surface area contributed by atoms with Crippen molar-refractivity contribution in [1.29, 1.82) is 0 Å². The van der Waals surface area contributed by atoms with Crippen molar-refractivity contribution in [2.45, 2.75) is 0 Å². The van der Waals surface area contributed by atoms with Gasteiger partial charge in [0.2, 0.25) is 0 Å². The highest BCUT2D eigenvalue weighted by molar-refractivity contribution is 6.19. The quantitative estimate of drug-likeness (QED) is 0.162. The Morgan fingerprint density at radius 3 is 1.59 bits per heavy atom. The molecule has 1 heterocycles. The van der Waals surface area contributed by atoms with Gasteiger partial charge in [0.15, 0.2) is 0 Å². The van der Waals surface area contributed by atoms with E-state index in [1.807, 2.05) is 0 Å². The maximum absolute atomic E-state index is 6.73. The van der Waals surface area contributed by atoms with Crippen LogP contribution in [-0.4, -0.2) is 0 Å². The maximum Gasteiger partial charge on any atom is 0.143 e. The van der Waals surface area contributed by atoms with Crippen molar-refractivity contribution < 1.29 is 4.42 Å². The average molecular weight is 740 g/mol. The van der Waals surface area contributed by atoms with Crippen LogP contribution in [0.25, 0.3) is 88.0 Å². The Hall–Kier alpha value is -7.68. The lowest BCUT2D eigenvalue weighted by atomic mass is 9.94. The highest BCUT2D eigenvalue weighted by atomic mass is 16.3. The second kappa shape index (κ2) is 14.1. The van der Waals surface area contributed by atoms with Gasteiger partial charge in [0.25, 0.3) is 0 Å². The Morgan fingerprint density at radius 2 is 0.828 bits per heavy atom. The van der Waals surface area contributed by atoms with Gasteiger partial charge in [0.1, 0.15) is 11.2 Å². The summed E-state index contributed by atoms with van der Waals surface area (Å²) in [6.07, 6.45) is 0. The smallest absolute Gasteiger partial charge is 0.143 e. The number of para-hydroxylation sites is 1. The molecule has 0 saturated heterocycles. The third kappa shape index (κ3) is 5.91. The maximum atomic E-state index is 6.73. The second-order valence-electron chi connectivity index (χ2n) is 14.9. The highest BCUT2D eigenvalue weighted by Crippen LogP contribution is 2.44. The van der Waals surface area contributed by atoms with Gasteiger partial charge in [-0.05, 0) is 110 Å². The zero-order valence-corrected chi connectivity index (χ0v) is 31.7. The Balaban J connectivity index is 1.02. The second-order valence-corrected chi connectivity index (χ2v) is 14.9. The molecule has 0 N–H and O–H groups in total. The Labute approximate surface area is 337 Å². The van der Waals surface area contributed by atoms with Crippen LogP contribution in [0, 0.1) is 0 Å². The molecule has 0 aliphatic rings. The molecule has 0 amide bonds. The summed E-state index contributed by atoms with van der Waals surface area (Å²) >= 11 is 0. The SMILES string of the molecule is c1ccc(-c2ccc(N(c3ccc(-c4cc5c6ccc(-c7ccc8ccccc8c7)cc6oc5c5ccccc45)cc3)c3ccccc3-c3ccccc3)cc2)cc1. The minimum Gasteiger partial charge on any atom is -0.455 e. The molecule has 0 atom stereocenters. The molecule has 0 radical (unpaired) electrons. The summed E-state index contributed by atoms with van der Waals surface area (Å²) in [5.74, 6) is 0. The number of anilines is 3. The van der Waals surface area contributed by atoms with Crippen molar-refractivity contribution in [1.82, 2.24) is 0 Å². The van der Waals surface area contributed by atoms with E-state index >= 15 is 0 Å². The number of nitrogens with zero attached hydrogens (tertiary/aromatic N) is 1. The van der Waals surface area contributed by atoms with E-state index < -0.39 is 0 Å². The van der Waals surface area contributed by atoms with E-state index in [-0.39, 0.29) is 0 Å². The van der Waals surface area contributed by atoms with Crippen LogP contribution < -0.4 is 4.90 Å². The van der Waals surface area contributed by atoms with E-state index in [0.717, 1.165) is 55.5 Å². The predicted molar refractivity (Wildman–Crippen MR) is 245 cm³/mol. The molecule has 0 saturated carbocycles. The van der Waals surface area contributed by atoms with Gasteiger partial charge < -0.3 is 9.32 Å². The van der Waals surface area contributed by atoms with Gasteiger partial charge in [-0.25, -0.2) is 0 Å². The molecule has 0 bridgehead atoms. The van der Waals surface area contributed by atoms with Crippen LogP contribution >= 0.6 is 0 Å². The van der Waals surface area contributed by atoms with Gasteiger partial charge >= 0.3 is 0 Å². The summed E-state index contributed by atoms with van der Waals surface area (Å²) in [6.45, 7) is 0. The van der Waals surface area contributed by atoms with Crippen LogP contribution in [0.2, 0.25) is 0 Å². The largest absolute Gasteiger partial charge is 0.455 e. The summed E-state index contributed by atoms with van der Waals surface area (Å²) in [4.78, 5) is 2.37. The molecule has 0 fully saturated rings. The molecular formula is C56H37NO. The van der Waals surface area contributed by atoms with Gasteiger partial charge in [0.05, 0.1) is 5.69 Å². The van der Waals surface area contributed by atoms with Crippen molar-refractivity contribution in [3.05, 3.63) is 224 Å². The van der Waals surface area contributed by atoms with E-state index in [9.17, 15) is 0 Å². The molecule has 0 unspecified atom stereocenters. The fourth-order valence-corrected chi connectivity index (χ4v) is 8.57. The first-order chi connectivity index (χ1) is 28.7. The summed E-state index contributed by atoms with van der Waals surface area (Å²) < 4.78 is 6.73. The lowest BCUT2D eigenvalue weighted by molar-refractivity contribution is 0.673. The number of benzene rings is 10. The van der Waals surface area contributed by atoms with Crippen molar-refractivity contribution in [2.24, 2.45) is 0 Å². The molecule has 2 nitrogen and oxygen atoms in total. The summed E-state index contributed by atoms with van der Waals surface area (Å²) in [7, 11) is 0. The van der Waals surface area contributed by atoms with Crippen molar-refractivity contribution in [3.8, 4) is 44.5 Å². The molecule has 0 aliphatic heterocycles. The van der Waals surface area contributed by atoms with Gasteiger partial charge in [-0.15, -0.1) is 0 Å². The summed E-state index contributed by atoms with van der Waals surface area (Å²) in [5.41, 5.74) is 14.5. The number of hydrogen-bond donors (Lipinski definition) is 0. The van der Waals surface area contributed by atoms with Crippen LogP contribution in [0.5, 0.6) is 0 Å². The van der Waals surface area contributed by atoms with Crippen LogP contribution in [0.15, 0.2) is 229 Å². The highest BCUT2D eigenvalue weighted by Gasteiger charge is 2.19. The number of furan rings is 1. The van der Waals surface area contributed by atoms with Gasteiger partial charge in [0, 0.05) is 33.1 Å². The number of fused-ring (bicyclic) bond motifs is 6. The fourth-order valence-electron chi connectivity index (χ4n) is 8.57. The van der Waals surface area contributed by atoms with Crippen LogP contribution in [0.1, 0.15) is 0 Å². The third-order valence-electron chi connectivity index (χ3n) is 11.5. The van der Waals surface area contributed by atoms with Crippen LogP contribution in [0.4, 0.5) is 17.1 Å². The van der Waals surface area contributed by atoms with Gasteiger partial charge in [-0.1, -0.05) is 170 Å². The number of hydrogen-bond acceptors (Lipinski definition) is 2. The third-order valence-corrected chi connectivity index (χ3v) is 11.5. The Kier molecular flexibility index (Phi) is 8.19. The van der Waals surface area contributed by atoms with E-state index in [1.165, 1.54) is 49.5 Å². The first kappa shape index (κ1) is 33.6. The van der Waals surface area contributed by atoms with Crippen LogP contribution in [0.3, 0.4) is 0 Å². The zero-order chi connectivity index (χ0) is 38.4. The average Bonchev–Trinajstić information content (AvgIpc) is 3.68. The topological polar surface area (TPSA) is 16.4 Å². The molecule has 10 aromatic carbocycles. The molecule has 11 aromatic rings. The van der Waals surface area contributed by atoms with Crippen molar-refractivity contribution >= 4 is 60.5 Å². The van der Waals surface area contributed by atoms with Gasteiger partial charge in [-0.3, -0.25) is 0 Å². The standard InChI is InChI=1S/C56H37NO/c1-3-13-38(14-4-1)40-25-30-46(31-26-40)57(54-22-12-11-19-48(54)41-16-5-2-6-17-41)47-32-27-42(28-33-47)52-37-53-50-34-29-45(44-24-23-39-15-7-8-18-43(39)35-44)36-55(50)58-56(53)51-21-10-9-20-49(51)52/h1-37H. The van der Waals surface area contributed by atoms with E-state index in [0.29, 0.717) is 0 Å². The molecule has 11 rings (SSSR count). The molecule has 0 aliphatic carbocycles. The number of rotatable bonds is 7. The Morgan fingerprint density at radius 1 is 0.293 bits per heavy atom. The van der Waals surface area contributed by atoms with E-state index in [4.69, 9.17) is 4.42 Å². The van der Waals surface area contributed by atoms with E-state index in [2.05, 4.69) is 229 Å². The lowest BCUT2D eigenvalue weighted by Crippen LogP contribution is -2.11. The molecule has 272 valence electrons. The minimum atomic E-state index is 0.893. The van der Waals surface area contributed by atoms with Crippen molar-refractivity contribution in [3.63, 3.8) is 0 Å². The zero-order valence-electron chi connectivity index (χ0n) is 31.7. The van der Waals surface area contributed by atoms with E-state index in [1.54, 1.807) is 0 Å². The molecular weight excluding hydrogens is 703 g/mol. The first-order valence-corrected chi connectivity index (χ1v) is 19.8. The fraction of sp³-hybridized carbons (Fsp3) is 0. The molecule has 0 spiro atoms. The normalized spacial score (nSPS) is 11.4. The molecule has 58 heavy (non-hydrogen) atoms.